The molecule has 0 radical (unpaired) electrons. The SMILES string of the molecule is C/C=C/C(C)=O.CCCC.CCCCCC.CCN. The van der Waals surface area contributed by atoms with Crippen LogP contribution in [0.2, 0.25) is 0 Å². The Bertz CT molecular complexity index is 147. The van der Waals surface area contributed by atoms with Crippen molar-refractivity contribution in [3.05, 3.63) is 12.2 Å². The zero-order valence-electron chi connectivity index (χ0n) is 14.6. The highest BCUT2D eigenvalue weighted by molar-refractivity contribution is 5.87. The smallest absolute Gasteiger partial charge is 0.152 e. The predicted octanol–water partition coefficient (Wildman–Crippen LogP) is 5.51. The minimum atomic E-state index is 0.109. The fourth-order valence-corrected chi connectivity index (χ4v) is 0.735. The summed E-state index contributed by atoms with van der Waals surface area (Å²) in [5, 5.41) is 0. The monoisotopic (exact) mass is 273 g/mol. The first-order valence-electron chi connectivity index (χ1n) is 7.85. The Kier molecular flexibility index (Phi) is 50.9. The van der Waals surface area contributed by atoms with E-state index in [1.807, 2.05) is 13.8 Å². The summed E-state index contributed by atoms with van der Waals surface area (Å²) in [6.07, 6.45) is 11.4. The molecule has 0 aliphatic rings. The van der Waals surface area contributed by atoms with E-state index >= 15 is 0 Å². The van der Waals surface area contributed by atoms with Crippen LogP contribution >= 0.6 is 0 Å². The first-order chi connectivity index (χ1) is 9.01. The van der Waals surface area contributed by atoms with Gasteiger partial charge in [-0.25, -0.2) is 0 Å². The molecule has 2 N–H and O–H groups in total. The molecule has 0 aromatic rings. The molecule has 19 heavy (non-hydrogen) atoms. The first-order valence-corrected chi connectivity index (χ1v) is 7.85. The maximum absolute atomic E-state index is 9.96. The molecule has 0 rings (SSSR count). The van der Waals surface area contributed by atoms with Crippen molar-refractivity contribution >= 4 is 5.78 Å². The molecule has 0 heterocycles. The van der Waals surface area contributed by atoms with Crippen molar-refractivity contribution in [3.8, 4) is 0 Å². The Morgan fingerprint density at radius 1 is 0.895 bits per heavy atom. The number of hydrogen-bond donors (Lipinski definition) is 1. The third-order valence-electron chi connectivity index (χ3n) is 1.86. The van der Waals surface area contributed by atoms with Crippen molar-refractivity contribution in [2.45, 2.75) is 87.0 Å². The molecule has 0 unspecified atom stereocenters. The van der Waals surface area contributed by atoms with E-state index in [9.17, 15) is 4.79 Å². The lowest BCUT2D eigenvalue weighted by Gasteiger charge is -1.86. The summed E-state index contributed by atoms with van der Waals surface area (Å²) in [6.45, 7) is 14.8. The first kappa shape index (κ1) is 26.8. The Morgan fingerprint density at radius 2 is 1.21 bits per heavy atom. The molecule has 0 aromatic heterocycles. The number of rotatable bonds is 5. The van der Waals surface area contributed by atoms with Crippen LogP contribution in [0.5, 0.6) is 0 Å². The van der Waals surface area contributed by atoms with E-state index in [2.05, 4.69) is 27.7 Å². The third kappa shape index (κ3) is 101. The van der Waals surface area contributed by atoms with Crippen molar-refractivity contribution in [3.63, 3.8) is 0 Å². The largest absolute Gasteiger partial charge is 0.331 e. The maximum atomic E-state index is 9.96. The summed E-state index contributed by atoms with van der Waals surface area (Å²) in [5.41, 5.74) is 4.85. The number of ketones is 1. The second kappa shape index (κ2) is 36.0. The Balaban J connectivity index is -0.0000000821. The maximum Gasteiger partial charge on any atom is 0.152 e. The van der Waals surface area contributed by atoms with Gasteiger partial charge in [0.25, 0.3) is 0 Å². The number of allylic oxidation sites excluding steroid dienone is 2. The van der Waals surface area contributed by atoms with E-state index in [4.69, 9.17) is 5.73 Å². The molecule has 0 fully saturated rings. The topological polar surface area (TPSA) is 43.1 Å². The van der Waals surface area contributed by atoms with Crippen LogP contribution in [-0.2, 0) is 4.79 Å². The van der Waals surface area contributed by atoms with Gasteiger partial charge in [-0.3, -0.25) is 4.79 Å². The van der Waals surface area contributed by atoms with E-state index in [-0.39, 0.29) is 5.78 Å². The normalized spacial score (nSPS) is 8.42. The van der Waals surface area contributed by atoms with Crippen molar-refractivity contribution in [1.29, 1.82) is 0 Å². The quantitative estimate of drug-likeness (QED) is 0.530. The molecule has 2 heteroatoms. The molecule has 0 bridgehead atoms. The van der Waals surface area contributed by atoms with E-state index in [0.717, 1.165) is 6.54 Å². The van der Waals surface area contributed by atoms with Gasteiger partial charge in [0, 0.05) is 0 Å². The summed E-state index contributed by atoms with van der Waals surface area (Å²) < 4.78 is 0. The second-order valence-corrected chi connectivity index (χ2v) is 4.23. The molecule has 0 aliphatic carbocycles. The van der Waals surface area contributed by atoms with Crippen LogP contribution in [0.4, 0.5) is 0 Å². The summed E-state index contributed by atoms with van der Waals surface area (Å²) in [6, 6.07) is 0. The number of hydrogen-bond acceptors (Lipinski definition) is 2. The molecule has 0 aromatic carbocycles. The average molecular weight is 274 g/mol. The lowest BCUT2D eigenvalue weighted by Crippen LogP contribution is -1.87. The van der Waals surface area contributed by atoms with Gasteiger partial charge in [-0.05, 0) is 26.5 Å². The van der Waals surface area contributed by atoms with E-state index in [0.29, 0.717) is 0 Å². The zero-order valence-corrected chi connectivity index (χ0v) is 14.6. The predicted molar refractivity (Wildman–Crippen MR) is 90.6 cm³/mol. The molecular formula is C17H39NO. The highest BCUT2D eigenvalue weighted by Gasteiger charge is 1.75. The van der Waals surface area contributed by atoms with Crippen LogP contribution < -0.4 is 5.73 Å². The van der Waals surface area contributed by atoms with Gasteiger partial charge in [0.1, 0.15) is 0 Å². The molecule has 0 spiro atoms. The average Bonchev–Trinajstić information content (AvgIpc) is 2.38. The molecule has 0 atom stereocenters. The minimum absolute atomic E-state index is 0.109. The highest BCUT2D eigenvalue weighted by Crippen LogP contribution is 1.95. The number of unbranched alkanes of at least 4 members (excludes halogenated alkanes) is 4. The second-order valence-electron chi connectivity index (χ2n) is 4.23. The van der Waals surface area contributed by atoms with Gasteiger partial charge in [0.2, 0.25) is 0 Å². The van der Waals surface area contributed by atoms with Crippen LogP contribution in [0.15, 0.2) is 12.2 Å². The standard InChI is InChI=1S/C6H14.C5H8O.C4H10.C2H7N/c1-3-5-6-4-2;1-3-4-5(2)6;1-3-4-2;1-2-3/h3-6H2,1-2H3;3-4H,1-2H3;3-4H2,1-2H3;2-3H2,1H3/b;4-3+;;. The van der Waals surface area contributed by atoms with Crippen molar-refractivity contribution in [1.82, 2.24) is 0 Å². The van der Waals surface area contributed by atoms with Crippen molar-refractivity contribution < 1.29 is 4.79 Å². The molecular weight excluding hydrogens is 234 g/mol. The molecule has 0 saturated heterocycles. The Hall–Kier alpha value is -0.630. The Morgan fingerprint density at radius 3 is 1.26 bits per heavy atom. The number of carbonyl (C=O) groups is 1. The summed E-state index contributed by atoms with van der Waals surface area (Å²) in [7, 11) is 0. The van der Waals surface area contributed by atoms with E-state index in [1.165, 1.54) is 51.5 Å². The van der Waals surface area contributed by atoms with Crippen LogP contribution in [0, 0.1) is 0 Å². The third-order valence-corrected chi connectivity index (χ3v) is 1.86. The lowest BCUT2D eigenvalue weighted by atomic mass is 10.2. The van der Waals surface area contributed by atoms with Gasteiger partial charge in [0.15, 0.2) is 5.78 Å². The number of carbonyl (C=O) groups excluding carboxylic acids is 1. The molecule has 2 nitrogen and oxygen atoms in total. The van der Waals surface area contributed by atoms with E-state index in [1.54, 1.807) is 6.08 Å². The van der Waals surface area contributed by atoms with Crippen LogP contribution in [0.25, 0.3) is 0 Å². The fraction of sp³-hybridized carbons (Fsp3) is 0.824. The number of nitrogens with two attached hydrogens (primary N) is 1. The van der Waals surface area contributed by atoms with E-state index < -0.39 is 0 Å². The molecule has 118 valence electrons. The molecule has 0 aliphatic heterocycles. The van der Waals surface area contributed by atoms with Crippen LogP contribution in [0.3, 0.4) is 0 Å². The zero-order chi connectivity index (χ0) is 15.9. The highest BCUT2D eigenvalue weighted by atomic mass is 16.1. The van der Waals surface area contributed by atoms with Gasteiger partial charge in [-0.15, -0.1) is 0 Å². The lowest BCUT2D eigenvalue weighted by molar-refractivity contribution is -0.112. The van der Waals surface area contributed by atoms with Crippen LogP contribution in [-0.4, -0.2) is 12.3 Å². The van der Waals surface area contributed by atoms with Crippen molar-refractivity contribution in [2.75, 3.05) is 6.54 Å². The van der Waals surface area contributed by atoms with Gasteiger partial charge in [-0.2, -0.15) is 0 Å². The molecule has 0 amide bonds. The van der Waals surface area contributed by atoms with Gasteiger partial charge >= 0.3 is 0 Å². The Labute approximate surface area is 122 Å². The van der Waals surface area contributed by atoms with Gasteiger partial charge < -0.3 is 5.73 Å². The van der Waals surface area contributed by atoms with Crippen molar-refractivity contribution in [2.24, 2.45) is 5.73 Å². The fourth-order valence-electron chi connectivity index (χ4n) is 0.735. The summed E-state index contributed by atoms with van der Waals surface area (Å²) in [5.74, 6) is 0.109. The van der Waals surface area contributed by atoms with Gasteiger partial charge in [0.05, 0.1) is 0 Å². The summed E-state index contributed by atoms with van der Waals surface area (Å²) >= 11 is 0. The van der Waals surface area contributed by atoms with Crippen LogP contribution in [0.1, 0.15) is 87.0 Å². The van der Waals surface area contributed by atoms with Gasteiger partial charge in [-0.1, -0.05) is 79.2 Å². The molecule has 0 saturated carbocycles. The minimum Gasteiger partial charge on any atom is -0.331 e. The summed E-state index contributed by atoms with van der Waals surface area (Å²) in [4.78, 5) is 9.96.